The van der Waals surface area contributed by atoms with E-state index in [4.69, 9.17) is 0 Å². The molecule has 0 amide bonds. The summed E-state index contributed by atoms with van der Waals surface area (Å²) in [7, 11) is 0. The summed E-state index contributed by atoms with van der Waals surface area (Å²) in [5.41, 5.74) is 0. The van der Waals surface area contributed by atoms with Crippen LogP contribution in [0.25, 0.3) is 0 Å². The van der Waals surface area contributed by atoms with E-state index in [1.54, 1.807) is 32.1 Å². The minimum atomic E-state index is 0.917. The van der Waals surface area contributed by atoms with Crippen molar-refractivity contribution in [2.45, 2.75) is 78.6 Å². The zero-order chi connectivity index (χ0) is 13.4. The van der Waals surface area contributed by atoms with Crippen LogP contribution in [0.5, 0.6) is 0 Å². The second-order valence-corrected chi connectivity index (χ2v) is 8.44. The van der Waals surface area contributed by atoms with Crippen LogP contribution in [0.15, 0.2) is 0 Å². The molecule has 0 saturated heterocycles. The van der Waals surface area contributed by atoms with E-state index in [2.05, 4.69) is 20.8 Å². The van der Waals surface area contributed by atoms with Gasteiger partial charge in [-0.05, 0) is 73.5 Å². The van der Waals surface area contributed by atoms with Gasteiger partial charge in [0, 0.05) is 0 Å². The summed E-state index contributed by atoms with van der Waals surface area (Å²) in [4.78, 5) is 0. The van der Waals surface area contributed by atoms with Crippen molar-refractivity contribution in [3.05, 3.63) is 0 Å². The molecule has 3 fully saturated rings. The van der Waals surface area contributed by atoms with Crippen molar-refractivity contribution >= 4 is 0 Å². The molecule has 0 nitrogen and oxygen atoms in total. The molecule has 0 bridgehead atoms. The first-order valence-corrected chi connectivity index (χ1v) is 9.16. The van der Waals surface area contributed by atoms with Crippen LogP contribution in [-0.2, 0) is 0 Å². The Morgan fingerprint density at radius 3 is 2.32 bits per heavy atom. The lowest BCUT2D eigenvalue weighted by molar-refractivity contribution is 0.0578. The Morgan fingerprint density at radius 1 is 0.737 bits per heavy atom. The quantitative estimate of drug-likeness (QED) is 0.580. The van der Waals surface area contributed by atoms with E-state index in [-0.39, 0.29) is 0 Å². The first-order chi connectivity index (χ1) is 9.16. The molecule has 0 aromatic rings. The molecule has 3 aliphatic carbocycles. The van der Waals surface area contributed by atoms with Crippen molar-refractivity contribution in [1.29, 1.82) is 0 Å². The average Bonchev–Trinajstić information content (AvgIpc) is 2.82. The van der Waals surface area contributed by atoms with Gasteiger partial charge in [-0.15, -0.1) is 0 Å². The summed E-state index contributed by atoms with van der Waals surface area (Å²) < 4.78 is 0. The highest BCUT2D eigenvalue weighted by molar-refractivity contribution is 4.94. The molecular formula is C19H34. The molecule has 19 heavy (non-hydrogen) atoms. The van der Waals surface area contributed by atoms with Crippen LogP contribution in [0.3, 0.4) is 0 Å². The third-order valence-electron chi connectivity index (χ3n) is 7.01. The molecule has 0 aromatic heterocycles. The monoisotopic (exact) mass is 262 g/mol. The maximum atomic E-state index is 2.51. The molecule has 0 heteroatoms. The Bertz CT molecular complexity index is 292. The van der Waals surface area contributed by atoms with Gasteiger partial charge in [0.25, 0.3) is 0 Å². The van der Waals surface area contributed by atoms with Crippen LogP contribution in [0.4, 0.5) is 0 Å². The maximum absolute atomic E-state index is 2.51. The third kappa shape index (κ3) is 2.74. The molecule has 3 saturated carbocycles. The fraction of sp³-hybridized carbons (Fsp3) is 1.00. The maximum Gasteiger partial charge on any atom is -0.0350 e. The molecule has 0 aliphatic heterocycles. The number of rotatable bonds is 2. The second-order valence-electron chi connectivity index (χ2n) is 8.44. The van der Waals surface area contributed by atoms with E-state index in [1.807, 2.05) is 0 Å². The van der Waals surface area contributed by atoms with Gasteiger partial charge in [-0.1, -0.05) is 46.5 Å². The summed E-state index contributed by atoms with van der Waals surface area (Å²) in [6, 6.07) is 0. The van der Waals surface area contributed by atoms with E-state index in [9.17, 15) is 0 Å². The van der Waals surface area contributed by atoms with Crippen molar-refractivity contribution in [3.8, 4) is 0 Å². The first-order valence-electron chi connectivity index (χ1n) is 9.16. The van der Waals surface area contributed by atoms with Gasteiger partial charge in [-0.25, -0.2) is 0 Å². The summed E-state index contributed by atoms with van der Waals surface area (Å²) in [6.07, 6.45) is 13.9. The zero-order valence-corrected chi connectivity index (χ0v) is 13.4. The van der Waals surface area contributed by atoms with Crippen LogP contribution < -0.4 is 0 Å². The van der Waals surface area contributed by atoms with Gasteiger partial charge in [-0.2, -0.15) is 0 Å². The highest BCUT2D eigenvalue weighted by Gasteiger charge is 2.45. The van der Waals surface area contributed by atoms with Gasteiger partial charge in [0.1, 0.15) is 0 Å². The average molecular weight is 262 g/mol. The van der Waals surface area contributed by atoms with Crippen LogP contribution >= 0.6 is 0 Å². The first kappa shape index (κ1) is 14.0. The normalized spacial score (nSPS) is 47.4. The molecule has 0 N–H and O–H groups in total. The largest absolute Gasteiger partial charge is 0.0625 e. The lowest BCUT2D eigenvalue weighted by atomic mass is 9.62. The van der Waals surface area contributed by atoms with Crippen LogP contribution in [-0.4, -0.2) is 0 Å². The molecule has 0 radical (unpaired) electrons. The topological polar surface area (TPSA) is 0 Å². The Morgan fingerprint density at radius 2 is 1.53 bits per heavy atom. The Balaban J connectivity index is 1.74. The molecule has 3 aliphatic rings. The van der Waals surface area contributed by atoms with Crippen molar-refractivity contribution in [3.63, 3.8) is 0 Å². The summed E-state index contributed by atoms with van der Waals surface area (Å²) >= 11 is 0. The van der Waals surface area contributed by atoms with Gasteiger partial charge in [0.15, 0.2) is 0 Å². The minimum Gasteiger partial charge on any atom is -0.0625 e. The van der Waals surface area contributed by atoms with Crippen molar-refractivity contribution in [2.75, 3.05) is 0 Å². The molecule has 3 rings (SSSR count). The molecule has 0 aromatic carbocycles. The Kier molecular flexibility index (Phi) is 4.25. The van der Waals surface area contributed by atoms with Gasteiger partial charge in [-0.3, -0.25) is 0 Å². The van der Waals surface area contributed by atoms with Gasteiger partial charge < -0.3 is 0 Å². The summed E-state index contributed by atoms with van der Waals surface area (Å²) in [5, 5.41) is 0. The van der Waals surface area contributed by atoms with E-state index in [0.717, 1.165) is 41.4 Å². The smallest absolute Gasteiger partial charge is 0.0350 e. The Hall–Kier alpha value is 0. The van der Waals surface area contributed by atoms with Crippen LogP contribution in [0.1, 0.15) is 78.6 Å². The molecule has 0 spiro atoms. The van der Waals surface area contributed by atoms with Gasteiger partial charge in [0.05, 0.1) is 0 Å². The SMILES string of the molecule is CC1CC[C@H](C(C)C)[C@H](C2CCC3CCCCC32)C1. The van der Waals surface area contributed by atoms with E-state index < -0.39 is 0 Å². The summed E-state index contributed by atoms with van der Waals surface area (Å²) in [6.45, 7) is 7.48. The van der Waals surface area contributed by atoms with Gasteiger partial charge in [0.2, 0.25) is 0 Å². The molecule has 4 unspecified atom stereocenters. The zero-order valence-electron chi connectivity index (χ0n) is 13.4. The lowest BCUT2D eigenvalue weighted by Gasteiger charge is -2.44. The standard InChI is InChI=1S/C19H34/c1-13(2)16-10-8-14(3)12-19(16)18-11-9-15-6-4-5-7-17(15)18/h13-19H,4-12H2,1-3H3/t14?,15?,16-,17?,18?,19-/m1/s1. The molecule has 0 heterocycles. The second kappa shape index (κ2) is 5.78. The van der Waals surface area contributed by atoms with Crippen molar-refractivity contribution < 1.29 is 0 Å². The van der Waals surface area contributed by atoms with Crippen LogP contribution in [0, 0.1) is 41.4 Å². The fourth-order valence-electron chi connectivity index (χ4n) is 6.08. The van der Waals surface area contributed by atoms with Gasteiger partial charge >= 0.3 is 0 Å². The van der Waals surface area contributed by atoms with Crippen molar-refractivity contribution in [2.24, 2.45) is 41.4 Å². The third-order valence-corrected chi connectivity index (χ3v) is 7.01. The fourth-order valence-corrected chi connectivity index (χ4v) is 6.08. The molecule has 110 valence electrons. The van der Waals surface area contributed by atoms with E-state index in [1.165, 1.54) is 25.7 Å². The number of hydrogen-bond donors (Lipinski definition) is 0. The van der Waals surface area contributed by atoms with Crippen LogP contribution in [0.2, 0.25) is 0 Å². The van der Waals surface area contributed by atoms with E-state index >= 15 is 0 Å². The predicted molar refractivity (Wildman–Crippen MR) is 83.0 cm³/mol. The van der Waals surface area contributed by atoms with Crippen molar-refractivity contribution in [1.82, 2.24) is 0 Å². The minimum absolute atomic E-state index is 0.917. The molecular weight excluding hydrogens is 228 g/mol. The molecule has 6 atom stereocenters. The number of fused-ring (bicyclic) bond motifs is 1. The van der Waals surface area contributed by atoms with E-state index in [0.29, 0.717) is 0 Å². The highest BCUT2D eigenvalue weighted by atomic mass is 14.5. The highest BCUT2D eigenvalue weighted by Crippen LogP contribution is 2.54. The Labute approximate surface area is 120 Å². The predicted octanol–water partition coefficient (Wildman–Crippen LogP) is 5.91. The lowest BCUT2D eigenvalue weighted by Crippen LogP contribution is -2.36. The summed E-state index contributed by atoms with van der Waals surface area (Å²) in [5.74, 6) is 7.41. The number of hydrogen-bond acceptors (Lipinski definition) is 0.